The number of benzene rings is 3. The van der Waals surface area contributed by atoms with Crippen LogP contribution in [-0.2, 0) is 6.42 Å². The monoisotopic (exact) mass is 508 g/mol. The van der Waals surface area contributed by atoms with Gasteiger partial charge in [0.2, 0.25) is 0 Å². The van der Waals surface area contributed by atoms with E-state index in [1.165, 1.54) is 16.8 Å². The SMILES string of the molecule is Cc1ccc(-c2cc(C(=O)NCCc3ccc(Cl)cc3Cl)n(-c3ccc([N+](=O)[O-])cc3)n2)cc1C. The van der Waals surface area contributed by atoms with Gasteiger partial charge in [0.1, 0.15) is 5.69 Å². The van der Waals surface area contributed by atoms with Crippen LogP contribution in [0, 0.1) is 24.0 Å². The van der Waals surface area contributed by atoms with E-state index in [4.69, 9.17) is 23.2 Å². The number of non-ortho nitro benzene ring substituents is 1. The van der Waals surface area contributed by atoms with Gasteiger partial charge in [-0.1, -0.05) is 41.4 Å². The summed E-state index contributed by atoms with van der Waals surface area (Å²) in [7, 11) is 0. The molecule has 0 aliphatic heterocycles. The van der Waals surface area contributed by atoms with Gasteiger partial charge in [0, 0.05) is 34.3 Å². The molecule has 7 nitrogen and oxygen atoms in total. The van der Waals surface area contributed by atoms with E-state index in [0.717, 1.165) is 22.3 Å². The van der Waals surface area contributed by atoms with Crippen LogP contribution in [0.3, 0.4) is 0 Å². The standard InChI is InChI=1S/C26H22Cl2N4O3/c1-16-3-4-19(13-17(16)2)24-15-25(31(30-24)21-7-9-22(10-8-21)32(34)35)26(33)29-12-11-18-5-6-20(27)14-23(18)28/h3-10,13-15H,11-12H2,1-2H3,(H,29,33). The number of nitrogens with one attached hydrogen (secondary N) is 1. The Morgan fingerprint density at radius 2 is 1.74 bits per heavy atom. The summed E-state index contributed by atoms with van der Waals surface area (Å²) in [6, 6.07) is 18.9. The van der Waals surface area contributed by atoms with Crippen molar-refractivity contribution in [2.45, 2.75) is 20.3 Å². The highest BCUT2D eigenvalue weighted by Crippen LogP contribution is 2.25. The Balaban J connectivity index is 1.63. The van der Waals surface area contributed by atoms with Crippen molar-refractivity contribution in [3.8, 4) is 16.9 Å². The molecule has 1 N–H and O–H groups in total. The minimum absolute atomic E-state index is 0.0406. The zero-order valence-electron chi connectivity index (χ0n) is 19.1. The molecule has 35 heavy (non-hydrogen) atoms. The van der Waals surface area contributed by atoms with Crippen molar-refractivity contribution in [1.29, 1.82) is 0 Å². The first-order valence-corrected chi connectivity index (χ1v) is 11.6. The molecule has 0 saturated carbocycles. The molecule has 0 unspecified atom stereocenters. The van der Waals surface area contributed by atoms with E-state index in [0.29, 0.717) is 40.1 Å². The van der Waals surface area contributed by atoms with Gasteiger partial charge in [0.05, 0.1) is 16.3 Å². The molecular weight excluding hydrogens is 487 g/mol. The Morgan fingerprint density at radius 3 is 2.40 bits per heavy atom. The molecule has 0 aliphatic rings. The van der Waals surface area contributed by atoms with E-state index >= 15 is 0 Å². The van der Waals surface area contributed by atoms with Crippen LogP contribution in [0.5, 0.6) is 0 Å². The number of carbonyl (C=O) groups is 1. The van der Waals surface area contributed by atoms with Crippen molar-refractivity contribution in [1.82, 2.24) is 15.1 Å². The highest BCUT2D eigenvalue weighted by molar-refractivity contribution is 6.35. The third-order valence-electron chi connectivity index (χ3n) is 5.74. The molecule has 0 fully saturated rings. The lowest BCUT2D eigenvalue weighted by Gasteiger charge is -2.09. The van der Waals surface area contributed by atoms with Crippen LogP contribution in [0.15, 0.2) is 66.7 Å². The van der Waals surface area contributed by atoms with E-state index in [-0.39, 0.29) is 11.6 Å². The number of nitrogens with zero attached hydrogens (tertiary/aromatic N) is 3. The van der Waals surface area contributed by atoms with Gasteiger partial charge in [0.15, 0.2) is 0 Å². The maximum absolute atomic E-state index is 13.2. The molecule has 1 aromatic heterocycles. The summed E-state index contributed by atoms with van der Waals surface area (Å²) in [5.74, 6) is -0.323. The number of nitro groups is 1. The van der Waals surface area contributed by atoms with Gasteiger partial charge in [-0.2, -0.15) is 5.10 Å². The summed E-state index contributed by atoms with van der Waals surface area (Å²) in [6.07, 6.45) is 0.525. The quantitative estimate of drug-likeness (QED) is 0.232. The van der Waals surface area contributed by atoms with E-state index < -0.39 is 4.92 Å². The van der Waals surface area contributed by atoms with Gasteiger partial charge >= 0.3 is 0 Å². The van der Waals surface area contributed by atoms with Crippen LogP contribution in [-0.4, -0.2) is 27.2 Å². The van der Waals surface area contributed by atoms with Crippen molar-refractivity contribution in [2.75, 3.05) is 6.54 Å². The topological polar surface area (TPSA) is 90.1 Å². The third-order valence-corrected chi connectivity index (χ3v) is 6.33. The second-order valence-electron chi connectivity index (χ2n) is 8.14. The largest absolute Gasteiger partial charge is 0.350 e. The maximum Gasteiger partial charge on any atom is 0.270 e. The fourth-order valence-corrected chi connectivity index (χ4v) is 4.13. The average Bonchev–Trinajstić information content (AvgIpc) is 3.28. The van der Waals surface area contributed by atoms with Gasteiger partial charge in [-0.05, 0) is 73.4 Å². The van der Waals surface area contributed by atoms with Crippen LogP contribution in [0.25, 0.3) is 16.9 Å². The molecule has 0 spiro atoms. The number of carbonyl (C=O) groups excluding carboxylic acids is 1. The molecule has 0 saturated heterocycles. The average molecular weight is 509 g/mol. The molecule has 3 aromatic carbocycles. The number of amides is 1. The van der Waals surface area contributed by atoms with E-state index in [1.54, 1.807) is 30.3 Å². The number of rotatable bonds is 7. The summed E-state index contributed by atoms with van der Waals surface area (Å²) in [5.41, 5.74) is 5.44. The van der Waals surface area contributed by atoms with Crippen LogP contribution in [0.2, 0.25) is 10.0 Å². The molecule has 0 radical (unpaired) electrons. The fourth-order valence-electron chi connectivity index (χ4n) is 3.62. The van der Waals surface area contributed by atoms with Gasteiger partial charge in [-0.3, -0.25) is 14.9 Å². The first-order valence-electron chi connectivity index (χ1n) is 10.9. The lowest BCUT2D eigenvalue weighted by molar-refractivity contribution is -0.384. The molecule has 4 aromatic rings. The molecule has 178 valence electrons. The smallest absolute Gasteiger partial charge is 0.270 e. The minimum atomic E-state index is -0.469. The molecule has 1 amide bonds. The predicted octanol–water partition coefficient (Wildman–Crippen LogP) is 6.34. The number of hydrogen-bond donors (Lipinski definition) is 1. The first kappa shape index (κ1) is 24.4. The second kappa shape index (κ2) is 10.3. The van der Waals surface area contributed by atoms with Gasteiger partial charge < -0.3 is 5.32 Å². The molecule has 1 heterocycles. The number of aryl methyl sites for hydroxylation is 2. The Kier molecular flexibility index (Phi) is 7.19. The van der Waals surface area contributed by atoms with Crippen LogP contribution in [0.4, 0.5) is 5.69 Å². The first-order chi connectivity index (χ1) is 16.7. The lowest BCUT2D eigenvalue weighted by atomic mass is 10.0. The van der Waals surface area contributed by atoms with E-state index in [2.05, 4.69) is 10.4 Å². The number of halogens is 2. The van der Waals surface area contributed by atoms with E-state index in [9.17, 15) is 14.9 Å². The molecule has 4 rings (SSSR count). The van der Waals surface area contributed by atoms with Crippen molar-refractivity contribution in [3.05, 3.63) is 109 Å². The van der Waals surface area contributed by atoms with Crippen LogP contribution >= 0.6 is 23.2 Å². The number of hydrogen-bond acceptors (Lipinski definition) is 4. The Bertz CT molecular complexity index is 1410. The third kappa shape index (κ3) is 5.53. The highest BCUT2D eigenvalue weighted by atomic mass is 35.5. The molecule has 0 atom stereocenters. The zero-order valence-corrected chi connectivity index (χ0v) is 20.6. The second-order valence-corrected chi connectivity index (χ2v) is 8.98. The summed E-state index contributed by atoms with van der Waals surface area (Å²) >= 11 is 12.2. The summed E-state index contributed by atoms with van der Waals surface area (Å²) in [4.78, 5) is 23.8. The lowest BCUT2D eigenvalue weighted by Crippen LogP contribution is -2.27. The number of nitro benzene ring substituents is 1. The zero-order chi connectivity index (χ0) is 25.1. The van der Waals surface area contributed by atoms with Crippen molar-refractivity contribution < 1.29 is 9.72 Å². The maximum atomic E-state index is 13.2. The Hall–Kier alpha value is -3.68. The van der Waals surface area contributed by atoms with Crippen molar-refractivity contribution in [2.24, 2.45) is 0 Å². The van der Waals surface area contributed by atoms with Gasteiger partial charge in [-0.15, -0.1) is 0 Å². The molecule has 0 bridgehead atoms. The Labute approximate surface area is 212 Å². The molecular formula is C26H22Cl2N4O3. The summed E-state index contributed by atoms with van der Waals surface area (Å²) in [6.45, 7) is 4.40. The fraction of sp³-hybridized carbons (Fsp3) is 0.154. The molecule has 9 heteroatoms. The highest BCUT2D eigenvalue weighted by Gasteiger charge is 2.19. The predicted molar refractivity (Wildman–Crippen MR) is 138 cm³/mol. The normalized spacial score (nSPS) is 10.9. The van der Waals surface area contributed by atoms with Crippen molar-refractivity contribution in [3.63, 3.8) is 0 Å². The summed E-state index contributed by atoms with van der Waals surface area (Å²) < 4.78 is 1.50. The van der Waals surface area contributed by atoms with Crippen LogP contribution < -0.4 is 5.32 Å². The summed E-state index contributed by atoms with van der Waals surface area (Å²) in [5, 5.41) is 19.7. The Morgan fingerprint density at radius 1 is 1.00 bits per heavy atom. The van der Waals surface area contributed by atoms with Crippen molar-refractivity contribution >= 4 is 34.8 Å². The molecule has 0 aliphatic carbocycles. The number of aromatic nitrogens is 2. The van der Waals surface area contributed by atoms with Crippen LogP contribution in [0.1, 0.15) is 27.2 Å². The van der Waals surface area contributed by atoms with Gasteiger partial charge in [0.25, 0.3) is 11.6 Å². The minimum Gasteiger partial charge on any atom is -0.350 e. The van der Waals surface area contributed by atoms with E-state index in [1.807, 2.05) is 38.1 Å². The van der Waals surface area contributed by atoms with Gasteiger partial charge in [-0.25, -0.2) is 4.68 Å².